The second-order valence-electron chi connectivity index (χ2n) is 0.0745. The fourth-order valence-corrected chi connectivity index (χ4v) is 0. The first-order valence-electron chi connectivity index (χ1n) is 0.365. The zero-order chi connectivity index (χ0) is 2.71. The minimum absolute atomic E-state index is 0. The van der Waals surface area contributed by atoms with Crippen molar-refractivity contribution in [1.82, 2.24) is 5.04 Å². The Labute approximate surface area is 35.7 Å². The first kappa shape index (κ1) is 23.3. The average molecular weight is 97.5 g/mol. The molecule has 0 aromatic heterocycles. The highest BCUT2D eigenvalue weighted by atomic mass is 35.5. The summed E-state index contributed by atoms with van der Waals surface area (Å²) in [5.41, 5.74) is 0. The highest BCUT2D eigenvalue weighted by Gasteiger charge is 1.41. The Morgan fingerprint density at radius 3 is 1.20 bits per heavy atom. The molecule has 5 heavy (non-hydrogen) atoms. The summed E-state index contributed by atoms with van der Waals surface area (Å²) in [4.78, 5) is 16.0. The molecule has 4 heteroatoms. The van der Waals surface area contributed by atoms with Crippen LogP contribution >= 0.6 is 0 Å². The third-order valence-electron chi connectivity index (χ3n) is 0. The molecule has 0 heterocycles. The van der Waals surface area contributed by atoms with Crippen molar-refractivity contribution in [1.29, 1.82) is 0 Å². The average Bonchev–Trinajstić information content (AvgIpc) is 0.918. The third-order valence-corrected chi connectivity index (χ3v) is 0. The van der Waals surface area contributed by atoms with E-state index in [1.807, 2.05) is 0 Å². The molecule has 0 aliphatic carbocycles. The fourth-order valence-electron chi connectivity index (χ4n) is 0. The summed E-state index contributed by atoms with van der Waals surface area (Å²) < 4.78 is 0. The van der Waals surface area contributed by atoms with Crippen molar-refractivity contribution in [2.24, 2.45) is 0 Å². The number of hydrogen-bond acceptors (Lipinski definition) is 2. The van der Waals surface area contributed by atoms with E-state index in [0.29, 0.717) is 0 Å². The van der Waals surface area contributed by atoms with Crippen LogP contribution in [-0.2, 0) is 0 Å². The number of nitroso groups, excluding NO2 is 2. The van der Waals surface area contributed by atoms with Crippen LogP contribution in [0.5, 0.6) is 0 Å². The van der Waals surface area contributed by atoms with Gasteiger partial charge in [-0.15, -0.1) is 0 Å². The van der Waals surface area contributed by atoms with E-state index in [1.165, 1.54) is 0 Å². The van der Waals surface area contributed by atoms with Crippen LogP contribution in [0, 0.1) is 9.81 Å². The second-order valence-corrected chi connectivity index (χ2v) is 0.0745. The number of nitrogens with zero attached hydrogens (tertiary/aromatic N) is 1. The lowest BCUT2D eigenvalue weighted by Gasteiger charge is -1.00. The Morgan fingerprint density at radius 2 is 1.20 bits per heavy atom. The Morgan fingerprint density at radius 1 is 1.20 bits per heavy atom. The van der Waals surface area contributed by atoms with Gasteiger partial charge >= 0.3 is 5.04 Å². The summed E-state index contributed by atoms with van der Waals surface area (Å²) in [5, 5.41) is 1.00. The molecule has 0 atom stereocenters. The molecule has 0 aliphatic rings. The molecule has 0 rings (SSSR count). The summed E-state index contributed by atoms with van der Waals surface area (Å²) in [5.74, 6) is 0. The van der Waals surface area contributed by atoms with Crippen molar-refractivity contribution in [3.63, 3.8) is 0 Å². The molecule has 0 radical (unpaired) electrons. The Kier molecular flexibility index (Phi) is 315. The summed E-state index contributed by atoms with van der Waals surface area (Å²) >= 11 is 0. The summed E-state index contributed by atoms with van der Waals surface area (Å²) in [7, 11) is 0. The van der Waals surface area contributed by atoms with Crippen molar-refractivity contribution in [2.45, 2.75) is 7.43 Å². The molecule has 0 saturated heterocycles. The van der Waals surface area contributed by atoms with E-state index in [4.69, 9.17) is 9.81 Å². The van der Waals surface area contributed by atoms with Crippen LogP contribution < -0.4 is 17.4 Å². The highest BCUT2D eigenvalue weighted by molar-refractivity contribution is 3.93. The van der Waals surface area contributed by atoms with E-state index in [9.17, 15) is 0 Å². The molecule has 0 aromatic rings. The molecule has 0 N–H and O–H groups in total. The van der Waals surface area contributed by atoms with Crippen molar-refractivity contribution >= 4 is 0 Å². The van der Waals surface area contributed by atoms with Gasteiger partial charge in [0.05, 0.1) is 0 Å². The van der Waals surface area contributed by atoms with Crippen LogP contribution in [0.1, 0.15) is 7.43 Å². The van der Waals surface area contributed by atoms with Gasteiger partial charge in [-0.2, -0.15) is 0 Å². The van der Waals surface area contributed by atoms with E-state index in [0.717, 1.165) is 5.04 Å². The monoisotopic (exact) mass is 97.0 g/mol. The fraction of sp³-hybridized carbons (Fsp3) is 1.00. The molecular formula is CH4ClNO2. The third kappa shape index (κ3) is 57.6. The van der Waals surface area contributed by atoms with Crippen molar-refractivity contribution in [2.75, 3.05) is 0 Å². The highest BCUT2D eigenvalue weighted by Crippen LogP contribution is 0.810. The maximum Gasteiger partial charge on any atom is 0.569 e. The number of hydrogen-bond donors (Lipinski definition) is 0. The number of halogens is 1. The lowest BCUT2D eigenvalue weighted by Crippen LogP contribution is -3.00. The minimum atomic E-state index is 0. The topological polar surface area (TPSA) is 48.2 Å². The normalized spacial score (nSPS) is 1.60. The van der Waals surface area contributed by atoms with Gasteiger partial charge in [0.2, 0.25) is 9.81 Å². The van der Waals surface area contributed by atoms with Gasteiger partial charge in [-0.25, -0.2) is 0 Å². The molecule has 0 aromatic carbocycles. The molecule has 32 valence electrons. The molecule has 0 spiro atoms. The first-order chi connectivity index (χ1) is 1.41. The lowest BCUT2D eigenvalue weighted by atomic mass is 12.0. The molecule has 0 amide bonds. The standard InChI is InChI=1S/CH4.ClH.NO2/c;;2-1-3/h1H4;1H;/q;;+1/p-1. The van der Waals surface area contributed by atoms with Crippen molar-refractivity contribution in [3.05, 3.63) is 9.81 Å². The first-order valence-corrected chi connectivity index (χ1v) is 0.365. The van der Waals surface area contributed by atoms with Gasteiger partial charge in [0.1, 0.15) is 0 Å². The number of rotatable bonds is 0. The van der Waals surface area contributed by atoms with Gasteiger partial charge in [0, 0.05) is 0 Å². The molecule has 0 saturated carbocycles. The van der Waals surface area contributed by atoms with Crippen LogP contribution in [0.25, 0.3) is 0 Å². The molecule has 0 fully saturated rings. The zero-order valence-electron chi connectivity index (χ0n) is 1.64. The summed E-state index contributed by atoms with van der Waals surface area (Å²) in [6.07, 6.45) is 0. The molecular weight excluding hydrogens is 93.5 g/mol. The van der Waals surface area contributed by atoms with Gasteiger partial charge in [-0.05, 0) is 0 Å². The molecule has 0 unspecified atom stereocenters. The van der Waals surface area contributed by atoms with Crippen LogP contribution in [0.3, 0.4) is 0 Å². The Hall–Kier alpha value is -0.400. The van der Waals surface area contributed by atoms with Crippen molar-refractivity contribution in [3.8, 4) is 0 Å². The van der Waals surface area contributed by atoms with E-state index in [2.05, 4.69) is 0 Å². The lowest BCUT2D eigenvalue weighted by molar-refractivity contribution is -0.00000118. The molecule has 3 nitrogen and oxygen atoms in total. The molecule has 0 bridgehead atoms. The van der Waals surface area contributed by atoms with E-state index >= 15 is 0 Å². The predicted octanol–water partition coefficient (Wildman–Crippen LogP) is -2.77. The zero-order valence-corrected chi connectivity index (χ0v) is 2.40. The van der Waals surface area contributed by atoms with Crippen LogP contribution in [0.4, 0.5) is 0 Å². The van der Waals surface area contributed by atoms with Crippen LogP contribution in [-0.4, -0.2) is 0 Å². The summed E-state index contributed by atoms with van der Waals surface area (Å²) in [6, 6.07) is 0. The van der Waals surface area contributed by atoms with Gasteiger partial charge in [-0.3, -0.25) is 0 Å². The quantitative estimate of drug-likeness (QED) is 0.307. The second kappa shape index (κ2) is 67.6. The van der Waals surface area contributed by atoms with Gasteiger partial charge in [-0.1, -0.05) is 7.43 Å². The van der Waals surface area contributed by atoms with Gasteiger partial charge in [0.25, 0.3) is 0 Å². The summed E-state index contributed by atoms with van der Waals surface area (Å²) in [6.45, 7) is 0. The smallest absolute Gasteiger partial charge is 0.569 e. The van der Waals surface area contributed by atoms with Crippen LogP contribution in [0.2, 0.25) is 0 Å². The van der Waals surface area contributed by atoms with E-state index in [-0.39, 0.29) is 19.8 Å². The van der Waals surface area contributed by atoms with Gasteiger partial charge < -0.3 is 12.4 Å². The largest absolute Gasteiger partial charge is 1.00 e. The van der Waals surface area contributed by atoms with E-state index < -0.39 is 0 Å². The predicted molar refractivity (Wildman–Crippen MR) is 15.6 cm³/mol. The minimum Gasteiger partial charge on any atom is -1.00 e. The van der Waals surface area contributed by atoms with Crippen LogP contribution in [0.15, 0.2) is 0 Å². The van der Waals surface area contributed by atoms with E-state index in [1.54, 1.807) is 0 Å². The Balaban J connectivity index is -0.0000000200. The maximum absolute atomic E-state index is 8.00. The van der Waals surface area contributed by atoms with Crippen molar-refractivity contribution < 1.29 is 12.4 Å². The maximum atomic E-state index is 8.00. The SMILES string of the molecule is C.O=[N+]=O.[Cl-]. The molecule has 0 aliphatic heterocycles. The van der Waals surface area contributed by atoms with Gasteiger partial charge in [0.15, 0.2) is 0 Å². The Bertz CT molecular complexity index is 30.6.